The van der Waals surface area contributed by atoms with Gasteiger partial charge >= 0.3 is 0 Å². The molecule has 0 aliphatic carbocycles. The molecule has 1 rings (SSSR count). The molecule has 1 aromatic carbocycles. The maximum absolute atomic E-state index is 13.0. The van der Waals surface area contributed by atoms with E-state index < -0.39 is 11.6 Å². The SMILES string of the molecule is CC(C)CCNc1cc(F)cc(F)c1N. The van der Waals surface area contributed by atoms with Crippen LogP contribution in [0, 0.1) is 17.6 Å². The Hall–Kier alpha value is -1.32. The number of nitrogen functional groups attached to an aromatic ring is 1. The molecule has 3 N–H and O–H groups in total. The standard InChI is InChI=1S/C11H16F2N2/c1-7(2)3-4-15-10-6-8(12)5-9(13)11(10)14/h5-7,15H,3-4,14H2,1-2H3. The number of nitrogens with two attached hydrogens (primary N) is 1. The normalized spacial score (nSPS) is 10.7. The smallest absolute Gasteiger partial charge is 0.151 e. The van der Waals surface area contributed by atoms with E-state index in [2.05, 4.69) is 19.2 Å². The minimum absolute atomic E-state index is 0.0276. The predicted molar refractivity (Wildman–Crippen MR) is 58.7 cm³/mol. The summed E-state index contributed by atoms with van der Waals surface area (Å²) in [4.78, 5) is 0. The quantitative estimate of drug-likeness (QED) is 0.756. The van der Waals surface area contributed by atoms with Crippen molar-refractivity contribution in [3.05, 3.63) is 23.8 Å². The molecule has 0 heterocycles. The van der Waals surface area contributed by atoms with Gasteiger partial charge in [-0.3, -0.25) is 0 Å². The molecule has 0 aromatic heterocycles. The lowest BCUT2D eigenvalue weighted by molar-refractivity contribution is 0.585. The van der Waals surface area contributed by atoms with Crippen LogP contribution in [0.25, 0.3) is 0 Å². The minimum atomic E-state index is -0.720. The summed E-state index contributed by atoms with van der Waals surface area (Å²) in [7, 11) is 0. The summed E-state index contributed by atoms with van der Waals surface area (Å²) in [6.45, 7) is 4.82. The van der Waals surface area contributed by atoms with Crippen molar-refractivity contribution in [3.63, 3.8) is 0 Å². The molecule has 0 radical (unpaired) electrons. The van der Waals surface area contributed by atoms with E-state index in [9.17, 15) is 8.78 Å². The number of benzene rings is 1. The molecular formula is C11H16F2N2. The first-order chi connectivity index (χ1) is 7.00. The molecule has 0 atom stereocenters. The molecule has 0 aliphatic heterocycles. The zero-order valence-corrected chi connectivity index (χ0v) is 8.98. The van der Waals surface area contributed by atoms with E-state index in [4.69, 9.17) is 5.73 Å². The van der Waals surface area contributed by atoms with Gasteiger partial charge < -0.3 is 11.1 Å². The van der Waals surface area contributed by atoms with Crippen LogP contribution in [0.1, 0.15) is 20.3 Å². The summed E-state index contributed by atoms with van der Waals surface area (Å²) in [6.07, 6.45) is 0.928. The lowest BCUT2D eigenvalue weighted by Crippen LogP contribution is -2.08. The highest BCUT2D eigenvalue weighted by molar-refractivity contribution is 5.66. The number of hydrogen-bond acceptors (Lipinski definition) is 2. The van der Waals surface area contributed by atoms with E-state index in [1.807, 2.05) is 0 Å². The van der Waals surface area contributed by atoms with Crippen LogP contribution in [0.3, 0.4) is 0 Å². The van der Waals surface area contributed by atoms with Crippen molar-refractivity contribution in [3.8, 4) is 0 Å². The molecule has 0 unspecified atom stereocenters. The summed E-state index contributed by atoms with van der Waals surface area (Å²) in [5, 5.41) is 2.92. The average molecular weight is 214 g/mol. The number of halogens is 2. The fraction of sp³-hybridized carbons (Fsp3) is 0.455. The van der Waals surface area contributed by atoms with Crippen LogP contribution >= 0.6 is 0 Å². The van der Waals surface area contributed by atoms with Crippen LogP contribution in [-0.4, -0.2) is 6.54 Å². The van der Waals surface area contributed by atoms with Crippen molar-refractivity contribution in [1.29, 1.82) is 0 Å². The third-order valence-corrected chi connectivity index (χ3v) is 2.13. The first-order valence-corrected chi connectivity index (χ1v) is 4.99. The molecule has 15 heavy (non-hydrogen) atoms. The van der Waals surface area contributed by atoms with E-state index in [0.717, 1.165) is 12.5 Å². The van der Waals surface area contributed by atoms with E-state index in [0.29, 0.717) is 18.2 Å². The van der Waals surface area contributed by atoms with Gasteiger partial charge in [0, 0.05) is 12.6 Å². The van der Waals surface area contributed by atoms with Crippen molar-refractivity contribution in [2.24, 2.45) is 5.92 Å². The van der Waals surface area contributed by atoms with Gasteiger partial charge in [0.15, 0.2) is 5.82 Å². The Morgan fingerprint density at radius 2 is 2.00 bits per heavy atom. The van der Waals surface area contributed by atoms with Gasteiger partial charge in [-0.05, 0) is 18.4 Å². The van der Waals surface area contributed by atoms with Crippen LogP contribution in [0.5, 0.6) is 0 Å². The molecule has 2 nitrogen and oxygen atoms in total. The van der Waals surface area contributed by atoms with E-state index in [1.165, 1.54) is 6.07 Å². The van der Waals surface area contributed by atoms with Crippen molar-refractivity contribution < 1.29 is 8.78 Å². The number of anilines is 2. The van der Waals surface area contributed by atoms with Gasteiger partial charge in [-0.2, -0.15) is 0 Å². The van der Waals surface area contributed by atoms with Crippen molar-refractivity contribution in [1.82, 2.24) is 0 Å². The second-order valence-corrected chi connectivity index (χ2v) is 3.96. The highest BCUT2D eigenvalue weighted by atomic mass is 19.1. The van der Waals surface area contributed by atoms with Gasteiger partial charge in [0.1, 0.15) is 5.82 Å². The molecule has 84 valence electrons. The van der Waals surface area contributed by atoms with Gasteiger partial charge in [0.25, 0.3) is 0 Å². The molecule has 0 bridgehead atoms. The van der Waals surface area contributed by atoms with Gasteiger partial charge in [0.2, 0.25) is 0 Å². The topological polar surface area (TPSA) is 38.0 Å². The largest absolute Gasteiger partial charge is 0.395 e. The van der Waals surface area contributed by atoms with Gasteiger partial charge in [-0.25, -0.2) is 8.78 Å². The molecule has 0 saturated heterocycles. The van der Waals surface area contributed by atoms with Crippen molar-refractivity contribution in [2.45, 2.75) is 20.3 Å². The maximum atomic E-state index is 13.0. The van der Waals surface area contributed by atoms with Crippen LogP contribution in [-0.2, 0) is 0 Å². The molecular weight excluding hydrogens is 198 g/mol. The molecule has 0 saturated carbocycles. The van der Waals surface area contributed by atoms with Crippen molar-refractivity contribution >= 4 is 11.4 Å². The van der Waals surface area contributed by atoms with Crippen LogP contribution in [0.2, 0.25) is 0 Å². The molecule has 0 aliphatic rings. The average Bonchev–Trinajstić information content (AvgIpc) is 2.12. The molecule has 0 amide bonds. The monoisotopic (exact) mass is 214 g/mol. The first kappa shape index (κ1) is 11.8. The zero-order valence-electron chi connectivity index (χ0n) is 8.98. The number of rotatable bonds is 4. The van der Waals surface area contributed by atoms with Crippen molar-refractivity contribution in [2.75, 3.05) is 17.6 Å². The van der Waals surface area contributed by atoms with Crippen LogP contribution in [0.4, 0.5) is 20.2 Å². The first-order valence-electron chi connectivity index (χ1n) is 4.99. The van der Waals surface area contributed by atoms with Gasteiger partial charge in [-0.1, -0.05) is 13.8 Å². The second-order valence-electron chi connectivity index (χ2n) is 3.96. The Labute approximate surface area is 88.5 Å². The molecule has 0 spiro atoms. The Bertz CT molecular complexity index is 338. The second kappa shape index (κ2) is 4.96. The predicted octanol–water partition coefficient (Wildman–Crippen LogP) is 3.00. The molecule has 4 heteroatoms. The number of nitrogens with one attached hydrogen (secondary N) is 1. The lowest BCUT2D eigenvalue weighted by atomic mass is 10.1. The van der Waals surface area contributed by atoms with Crippen LogP contribution in [0.15, 0.2) is 12.1 Å². The van der Waals surface area contributed by atoms with Gasteiger partial charge in [0.05, 0.1) is 11.4 Å². The Morgan fingerprint density at radius 1 is 1.33 bits per heavy atom. The Balaban J connectivity index is 2.68. The Morgan fingerprint density at radius 3 is 2.60 bits per heavy atom. The summed E-state index contributed by atoms with van der Waals surface area (Å²) >= 11 is 0. The van der Waals surface area contributed by atoms with E-state index >= 15 is 0 Å². The summed E-state index contributed by atoms with van der Waals surface area (Å²) in [5.74, 6) is -0.798. The highest BCUT2D eigenvalue weighted by Gasteiger charge is 2.07. The third-order valence-electron chi connectivity index (χ3n) is 2.13. The van der Waals surface area contributed by atoms with E-state index in [-0.39, 0.29) is 5.69 Å². The Kier molecular flexibility index (Phi) is 3.88. The summed E-state index contributed by atoms with van der Waals surface area (Å²) < 4.78 is 25.9. The van der Waals surface area contributed by atoms with Crippen LogP contribution < -0.4 is 11.1 Å². The minimum Gasteiger partial charge on any atom is -0.395 e. The van der Waals surface area contributed by atoms with Gasteiger partial charge in [-0.15, -0.1) is 0 Å². The third kappa shape index (κ3) is 3.38. The zero-order chi connectivity index (χ0) is 11.4. The highest BCUT2D eigenvalue weighted by Crippen LogP contribution is 2.23. The van der Waals surface area contributed by atoms with E-state index in [1.54, 1.807) is 0 Å². The number of hydrogen-bond donors (Lipinski definition) is 2. The summed E-state index contributed by atoms with van der Waals surface area (Å²) in [6, 6.07) is 1.99. The lowest BCUT2D eigenvalue weighted by Gasteiger charge is -2.11. The summed E-state index contributed by atoms with van der Waals surface area (Å²) in [5.41, 5.74) is 5.76. The fourth-order valence-corrected chi connectivity index (χ4v) is 1.23. The molecule has 1 aromatic rings. The fourth-order valence-electron chi connectivity index (χ4n) is 1.23. The molecule has 0 fully saturated rings. The maximum Gasteiger partial charge on any atom is 0.151 e.